The molecule has 3 atom stereocenters. The van der Waals surface area contributed by atoms with E-state index in [1.807, 2.05) is 4.90 Å². The molecule has 0 spiro atoms. The van der Waals surface area contributed by atoms with Crippen LogP contribution in [0, 0.1) is 0 Å². The zero-order valence-electron chi connectivity index (χ0n) is 12.5. The van der Waals surface area contributed by atoms with Crippen molar-refractivity contribution in [2.45, 2.75) is 44.4 Å². The molecule has 120 valence electrons. The SMILES string of the molecule is CC(Oc1cccc(Cl)c1Cl)C(=O)N1CCC2CCC(C1)N2. The van der Waals surface area contributed by atoms with E-state index in [2.05, 4.69) is 5.32 Å². The normalized spacial score (nSPS) is 25.7. The lowest BCUT2D eigenvalue weighted by Crippen LogP contribution is -2.44. The van der Waals surface area contributed by atoms with Gasteiger partial charge >= 0.3 is 0 Å². The molecule has 4 nitrogen and oxygen atoms in total. The van der Waals surface area contributed by atoms with Gasteiger partial charge in [-0.15, -0.1) is 0 Å². The van der Waals surface area contributed by atoms with E-state index >= 15 is 0 Å². The first-order valence-electron chi connectivity index (χ1n) is 7.70. The van der Waals surface area contributed by atoms with Crippen LogP contribution in [-0.4, -0.2) is 42.1 Å². The van der Waals surface area contributed by atoms with Crippen molar-refractivity contribution < 1.29 is 9.53 Å². The van der Waals surface area contributed by atoms with Gasteiger partial charge in [-0.1, -0.05) is 29.3 Å². The summed E-state index contributed by atoms with van der Waals surface area (Å²) in [4.78, 5) is 14.5. The number of carbonyl (C=O) groups is 1. The Labute approximate surface area is 140 Å². The fourth-order valence-electron chi connectivity index (χ4n) is 3.22. The zero-order valence-corrected chi connectivity index (χ0v) is 14.0. The van der Waals surface area contributed by atoms with Gasteiger partial charge in [-0.05, 0) is 38.3 Å². The summed E-state index contributed by atoms with van der Waals surface area (Å²) in [6.07, 6.45) is 2.79. The third kappa shape index (κ3) is 3.34. The van der Waals surface area contributed by atoms with Gasteiger partial charge in [0.2, 0.25) is 0 Å². The molecule has 2 aliphatic heterocycles. The highest BCUT2D eigenvalue weighted by atomic mass is 35.5. The molecule has 1 N–H and O–H groups in total. The first kappa shape index (κ1) is 15.9. The number of ether oxygens (including phenoxy) is 1. The summed E-state index contributed by atoms with van der Waals surface area (Å²) >= 11 is 12.1. The number of carbonyl (C=O) groups excluding carboxylic acids is 1. The van der Waals surface area contributed by atoms with Crippen LogP contribution in [0.2, 0.25) is 10.0 Å². The summed E-state index contributed by atoms with van der Waals surface area (Å²) in [6.45, 7) is 3.30. The monoisotopic (exact) mass is 342 g/mol. The van der Waals surface area contributed by atoms with Gasteiger partial charge in [-0.25, -0.2) is 0 Å². The molecule has 3 unspecified atom stereocenters. The summed E-state index contributed by atoms with van der Waals surface area (Å²) in [6, 6.07) is 6.15. The standard InChI is InChI=1S/C16H20Cl2N2O2/c1-10(22-14-4-2-3-13(17)15(14)18)16(21)20-8-7-11-5-6-12(9-20)19-11/h2-4,10-12,19H,5-9H2,1H3. The highest BCUT2D eigenvalue weighted by molar-refractivity contribution is 6.42. The smallest absolute Gasteiger partial charge is 0.263 e. The Bertz CT molecular complexity index is 567. The van der Waals surface area contributed by atoms with Crippen molar-refractivity contribution in [1.29, 1.82) is 0 Å². The van der Waals surface area contributed by atoms with Crippen LogP contribution in [0.25, 0.3) is 0 Å². The molecule has 2 saturated heterocycles. The van der Waals surface area contributed by atoms with Crippen LogP contribution in [0.3, 0.4) is 0 Å². The Hall–Kier alpha value is -0.970. The number of fused-ring (bicyclic) bond motifs is 2. The second-order valence-corrected chi connectivity index (χ2v) is 6.81. The molecule has 2 heterocycles. The molecule has 2 fully saturated rings. The molecule has 6 heteroatoms. The second kappa shape index (κ2) is 6.65. The molecule has 2 bridgehead atoms. The molecule has 2 aliphatic rings. The molecular formula is C16H20Cl2N2O2. The number of nitrogens with zero attached hydrogens (tertiary/aromatic N) is 1. The summed E-state index contributed by atoms with van der Waals surface area (Å²) < 4.78 is 5.73. The van der Waals surface area contributed by atoms with Crippen LogP contribution < -0.4 is 10.1 Å². The maximum Gasteiger partial charge on any atom is 0.263 e. The topological polar surface area (TPSA) is 41.6 Å². The molecule has 0 aliphatic carbocycles. The van der Waals surface area contributed by atoms with E-state index in [1.165, 1.54) is 6.42 Å². The van der Waals surface area contributed by atoms with Crippen LogP contribution in [0.1, 0.15) is 26.2 Å². The number of hydrogen-bond acceptors (Lipinski definition) is 3. The molecule has 1 amide bonds. The first-order valence-corrected chi connectivity index (χ1v) is 8.45. The van der Waals surface area contributed by atoms with Gasteiger partial charge in [0.1, 0.15) is 10.8 Å². The van der Waals surface area contributed by atoms with E-state index < -0.39 is 6.10 Å². The Balaban J connectivity index is 1.65. The minimum absolute atomic E-state index is 0.00499. The Morgan fingerprint density at radius 3 is 2.91 bits per heavy atom. The summed E-state index contributed by atoms with van der Waals surface area (Å²) in [5.41, 5.74) is 0. The average Bonchev–Trinajstić information content (AvgIpc) is 2.82. The van der Waals surface area contributed by atoms with E-state index in [-0.39, 0.29) is 5.91 Å². The van der Waals surface area contributed by atoms with Crippen LogP contribution >= 0.6 is 23.2 Å². The van der Waals surface area contributed by atoms with E-state index in [4.69, 9.17) is 27.9 Å². The fourth-order valence-corrected chi connectivity index (χ4v) is 3.55. The van der Waals surface area contributed by atoms with Gasteiger partial charge in [-0.2, -0.15) is 0 Å². The van der Waals surface area contributed by atoms with Crippen LogP contribution in [0.4, 0.5) is 0 Å². The molecule has 22 heavy (non-hydrogen) atoms. The minimum atomic E-state index is -0.576. The van der Waals surface area contributed by atoms with Gasteiger partial charge in [0.25, 0.3) is 5.91 Å². The first-order chi connectivity index (χ1) is 10.5. The van der Waals surface area contributed by atoms with Crippen LogP contribution in [-0.2, 0) is 4.79 Å². The number of rotatable bonds is 3. The molecule has 0 saturated carbocycles. The third-order valence-corrected chi connectivity index (χ3v) is 5.20. The van der Waals surface area contributed by atoms with Crippen molar-refractivity contribution in [2.24, 2.45) is 0 Å². The van der Waals surface area contributed by atoms with Gasteiger partial charge in [0.05, 0.1) is 5.02 Å². The van der Waals surface area contributed by atoms with Gasteiger partial charge in [-0.3, -0.25) is 4.79 Å². The zero-order chi connectivity index (χ0) is 15.7. The Morgan fingerprint density at radius 2 is 2.09 bits per heavy atom. The number of amides is 1. The molecule has 1 aromatic carbocycles. The van der Waals surface area contributed by atoms with Gasteiger partial charge in [0.15, 0.2) is 6.10 Å². The highest BCUT2D eigenvalue weighted by Crippen LogP contribution is 2.32. The Morgan fingerprint density at radius 1 is 1.32 bits per heavy atom. The van der Waals surface area contributed by atoms with Gasteiger partial charge < -0.3 is 15.0 Å². The van der Waals surface area contributed by atoms with Crippen molar-refractivity contribution in [3.05, 3.63) is 28.2 Å². The molecule has 1 aromatic rings. The number of halogens is 2. The summed E-state index contributed by atoms with van der Waals surface area (Å²) in [5.74, 6) is 0.454. The van der Waals surface area contributed by atoms with E-state index in [0.29, 0.717) is 27.9 Å². The Kier molecular flexibility index (Phi) is 4.81. The largest absolute Gasteiger partial charge is 0.479 e. The van der Waals surface area contributed by atoms with Crippen molar-refractivity contribution in [3.63, 3.8) is 0 Å². The predicted octanol–water partition coefficient (Wildman–Crippen LogP) is 3.11. The van der Waals surface area contributed by atoms with Gasteiger partial charge in [0, 0.05) is 25.2 Å². The van der Waals surface area contributed by atoms with E-state index in [0.717, 1.165) is 25.9 Å². The molecule has 0 radical (unpaired) electrons. The van der Waals surface area contributed by atoms with Crippen LogP contribution in [0.5, 0.6) is 5.75 Å². The number of nitrogens with one attached hydrogen (secondary N) is 1. The number of benzene rings is 1. The number of hydrogen-bond donors (Lipinski definition) is 1. The third-order valence-electron chi connectivity index (χ3n) is 4.40. The number of likely N-dealkylation sites (tertiary alicyclic amines) is 1. The highest BCUT2D eigenvalue weighted by Gasteiger charge is 2.33. The van der Waals surface area contributed by atoms with E-state index in [1.54, 1.807) is 25.1 Å². The second-order valence-electron chi connectivity index (χ2n) is 6.02. The maximum atomic E-state index is 12.6. The molecule has 3 rings (SSSR count). The van der Waals surface area contributed by atoms with Crippen molar-refractivity contribution >= 4 is 29.1 Å². The maximum absolute atomic E-state index is 12.6. The van der Waals surface area contributed by atoms with Crippen molar-refractivity contribution in [1.82, 2.24) is 10.2 Å². The quantitative estimate of drug-likeness (QED) is 0.917. The molecule has 0 aromatic heterocycles. The average molecular weight is 343 g/mol. The van der Waals surface area contributed by atoms with Crippen molar-refractivity contribution in [3.8, 4) is 5.75 Å². The lowest BCUT2D eigenvalue weighted by Gasteiger charge is -2.27. The lowest BCUT2D eigenvalue weighted by atomic mass is 10.1. The predicted molar refractivity (Wildman–Crippen MR) is 87.7 cm³/mol. The van der Waals surface area contributed by atoms with Crippen LogP contribution in [0.15, 0.2) is 18.2 Å². The van der Waals surface area contributed by atoms with E-state index in [9.17, 15) is 4.79 Å². The lowest BCUT2D eigenvalue weighted by molar-refractivity contribution is -0.138. The molecular weight excluding hydrogens is 323 g/mol. The summed E-state index contributed by atoms with van der Waals surface area (Å²) in [5, 5.41) is 4.34. The van der Waals surface area contributed by atoms with Crippen molar-refractivity contribution in [2.75, 3.05) is 13.1 Å². The summed E-state index contributed by atoms with van der Waals surface area (Å²) in [7, 11) is 0. The minimum Gasteiger partial charge on any atom is -0.479 e. The fraction of sp³-hybridized carbons (Fsp3) is 0.562.